The van der Waals surface area contributed by atoms with Crippen LogP contribution in [0.4, 0.5) is 4.39 Å². The summed E-state index contributed by atoms with van der Waals surface area (Å²) in [5.74, 6) is 0.687. The van der Waals surface area contributed by atoms with Crippen LogP contribution in [0.3, 0.4) is 0 Å². The number of carbonyl (C=O) groups is 1. The highest BCUT2D eigenvalue weighted by Gasteiger charge is 2.26. The number of ether oxygens (including phenoxy) is 3. The van der Waals surface area contributed by atoms with Gasteiger partial charge in [0.25, 0.3) is 0 Å². The highest BCUT2D eigenvalue weighted by molar-refractivity contribution is 9.09. The molecule has 0 heterocycles. The topological polar surface area (TPSA) is 44.8 Å². The lowest BCUT2D eigenvalue weighted by Gasteiger charge is -2.21. The molecule has 4 nitrogen and oxygen atoms in total. The predicted octanol–water partition coefficient (Wildman–Crippen LogP) is 6.56. The molecule has 2 aromatic rings. The standard InChI is InChI=1S/C23H27BrClFO4/c1-15-19(16(2)27)21(29-14-8-12-24)23(22(28-3)20(15)25)30-13-7-6-10-17-9-4-5-11-18(17)26/h4-5,9,11H,6-8,10,12-14H2,1-3H3. The molecule has 0 aliphatic rings. The number of Topliss-reactive ketones (excluding diaryl/α,β-unsaturated/α-hetero) is 1. The molecule has 30 heavy (non-hydrogen) atoms. The molecular formula is C23H27BrClFO4. The molecule has 0 spiro atoms. The van der Waals surface area contributed by atoms with E-state index in [1.54, 1.807) is 19.1 Å². The van der Waals surface area contributed by atoms with Gasteiger partial charge in [0.2, 0.25) is 5.75 Å². The van der Waals surface area contributed by atoms with E-state index in [1.165, 1.54) is 20.1 Å². The van der Waals surface area contributed by atoms with Crippen molar-refractivity contribution in [1.82, 2.24) is 0 Å². The van der Waals surface area contributed by atoms with Gasteiger partial charge in [-0.05, 0) is 56.7 Å². The van der Waals surface area contributed by atoms with E-state index in [0.717, 1.165) is 18.2 Å². The Hall–Kier alpha value is -1.79. The zero-order valence-corrected chi connectivity index (χ0v) is 19.9. The summed E-state index contributed by atoms with van der Waals surface area (Å²) < 4.78 is 31.1. The third kappa shape index (κ3) is 6.11. The summed E-state index contributed by atoms with van der Waals surface area (Å²) in [4.78, 5) is 12.3. The van der Waals surface area contributed by atoms with Gasteiger partial charge < -0.3 is 14.2 Å². The number of halogens is 3. The summed E-state index contributed by atoms with van der Waals surface area (Å²) in [6.45, 7) is 4.01. The van der Waals surface area contributed by atoms with Gasteiger partial charge in [-0.25, -0.2) is 4.39 Å². The highest BCUT2D eigenvalue weighted by Crippen LogP contribution is 2.48. The SMILES string of the molecule is COc1c(Cl)c(C)c(C(C)=O)c(OCCCBr)c1OCCCCc1ccccc1F. The van der Waals surface area contributed by atoms with Crippen LogP contribution in [0.1, 0.15) is 47.7 Å². The average molecular weight is 502 g/mol. The molecular weight excluding hydrogens is 475 g/mol. The maximum absolute atomic E-state index is 13.8. The molecule has 164 valence electrons. The van der Waals surface area contributed by atoms with Crippen molar-refractivity contribution < 1.29 is 23.4 Å². The summed E-state index contributed by atoms with van der Waals surface area (Å²) in [7, 11) is 1.50. The number of ketones is 1. The van der Waals surface area contributed by atoms with E-state index in [1.807, 2.05) is 6.07 Å². The fraction of sp³-hybridized carbons (Fsp3) is 0.435. The maximum Gasteiger partial charge on any atom is 0.205 e. The molecule has 0 unspecified atom stereocenters. The Labute approximate surface area is 190 Å². The van der Waals surface area contributed by atoms with Crippen molar-refractivity contribution in [1.29, 1.82) is 0 Å². The summed E-state index contributed by atoms with van der Waals surface area (Å²) in [5.41, 5.74) is 1.68. The Bertz CT molecular complexity index is 873. The van der Waals surface area contributed by atoms with Crippen LogP contribution in [0.15, 0.2) is 24.3 Å². The number of rotatable bonds is 12. The van der Waals surface area contributed by atoms with Crippen molar-refractivity contribution in [2.45, 2.75) is 39.5 Å². The van der Waals surface area contributed by atoms with Crippen molar-refractivity contribution in [3.8, 4) is 17.2 Å². The maximum atomic E-state index is 13.8. The first-order valence-electron chi connectivity index (χ1n) is 9.88. The van der Waals surface area contributed by atoms with Gasteiger partial charge in [-0.15, -0.1) is 0 Å². The van der Waals surface area contributed by atoms with Gasteiger partial charge in [-0.2, -0.15) is 0 Å². The monoisotopic (exact) mass is 500 g/mol. The molecule has 2 aromatic carbocycles. The van der Waals surface area contributed by atoms with Gasteiger partial charge in [0.15, 0.2) is 17.3 Å². The first-order valence-corrected chi connectivity index (χ1v) is 11.4. The molecule has 0 radical (unpaired) electrons. The first-order chi connectivity index (χ1) is 14.4. The zero-order chi connectivity index (χ0) is 22.1. The second-order valence-corrected chi connectivity index (χ2v) is 8.02. The minimum Gasteiger partial charge on any atom is -0.491 e. The van der Waals surface area contributed by atoms with Gasteiger partial charge in [0, 0.05) is 5.33 Å². The smallest absolute Gasteiger partial charge is 0.205 e. The van der Waals surface area contributed by atoms with Crippen LogP contribution < -0.4 is 14.2 Å². The summed E-state index contributed by atoms with van der Waals surface area (Å²) in [6.07, 6.45) is 2.83. The van der Waals surface area contributed by atoms with E-state index in [4.69, 9.17) is 25.8 Å². The van der Waals surface area contributed by atoms with Crippen LogP contribution in [0.2, 0.25) is 5.02 Å². The molecule has 2 rings (SSSR count). The molecule has 0 aliphatic carbocycles. The van der Waals surface area contributed by atoms with Crippen LogP contribution in [0, 0.1) is 12.7 Å². The number of benzene rings is 2. The number of methoxy groups -OCH3 is 1. The van der Waals surface area contributed by atoms with Crippen molar-refractivity contribution in [3.63, 3.8) is 0 Å². The second-order valence-electron chi connectivity index (χ2n) is 6.85. The number of aryl methyl sites for hydroxylation is 1. The molecule has 0 N–H and O–H groups in total. The van der Waals surface area contributed by atoms with Crippen molar-refractivity contribution in [2.24, 2.45) is 0 Å². The van der Waals surface area contributed by atoms with Gasteiger partial charge in [0.1, 0.15) is 5.82 Å². The summed E-state index contributed by atoms with van der Waals surface area (Å²) in [5, 5.41) is 1.11. The van der Waals surface area contributed by atoms with E-state index in [-0.39, 0.29) is 11.6 Å². The largest absolute Gasteiger partial charge is 0.491 e. The lowest BCUT2D eigenvalue weighted by molar-refractivity contribution is 0.101. The van der Waals surface area contributed by atoms with Crippen LogP contribution in [-0.4, -0.2) is 31.4 Å². The van der Waals surface area contributed by atoms with E-state index < -0.39 is 0 Å². The lowest BCUT2D eigenvalue weighted by Crippen LogP contribution is -2.11. The molecule has 0 aromatic heterocycles. The van der Waals surface area contributed by atoms with Gasteiger partial charge in [-0.1, -0.05) is 45.7 Å². The third-order valence-electron chi connectivity index (χ3n) is 4.67. The molecule has 0 saturated heterocycles. The Morgan fingerprint density at radius 3 is 2.37 bits per heavy atom. The number of hydrogen-bond acceptors (Lipinski definition) is 4. The minimum atomic E-state index is -0.195. The lowest BCUT2D eigenvalue weighted by atomic mass is 10.0. The summed E-state index contributed by atoms with van der Waals surface area (Å²) >= 11 is 9.83. The van der Waals surface area contributed by atoms with E-state index in [9.17, 15) is 9.18 Å². The predicted molar refractivity (Wildman–Crippen MR) is 121 cm³/mol. The number of hydrogen-bond donors (Lipinski definition) is 0. The Morgan fingerprint density at radius 2 is 1.73 bits per heavy atom. The summed E-state index contributed by atoms with van der Waals surface area (Å²) in [6, 6.07) is 6.76. The molecule has 0 amide bonds. The fourth-order valence-electron chi connectivity index (χ4n) is 3.16. The van der Waals surface area contributed by atoms with E-state index in [0.29, 0.717) is 65.0 Å². The normalized spacial score (nSPS) is 10.7. The zero-order valence-electron chi connectivity index (χ0n) is 17.5. The van der Waals surface area contributed by atoms with Gasteiger partial charge in [0.05, 0.1) is 30.9 Å². The van der Waals surface area contributed by atoms with Crippen molar-refractivity contribution >= 4 is 33.3 Å². The molecule has 0 aliphatic heterocycles. The fourth-order valence-corrected chi connectivity index (χ4v) is 3.65. The molecule has 0 atom stereocenters. The van der Waals surface area contributed by atoms with Crippen molar-refractivity contribution in [2.75, 3.05) is 25.7 Å². The number of unbranched alkanes of at least 4 members (excludes halogenated alkanes) is 1. The minimum absolute atomic E-state index is 0.157. The molecule has 0 bridgehead atoms. The van der Waals surface area contributed by atoms with E-state index in [2.05, 4.69) is 15.9 Å². The average Bonchev–Trinajstić information content (AvgIpc) is 2.72. The second kappa shape index (κ2) is 12.2. The van der Waals surface area contributed by atoms with Crippen LogP contribution in [0.5, 0.6) is 17.2 Å². The Morgan fingerprint density at radius 1 is 1.07 bits per heavy atom. The van der Waals surface area contributed by atoms with Crippen LogP contribution >= 0.6 is 27.5 Å². The number of carbonyl (C=O) groups excluding carboxylic acids is 1. The van der Waals surface area contributed by atoms with Crippen LogP contribution in [-0.2, 0) is 6.42 Å². The third-order valence-corrected chi connectivity index (χ3v) is 5.68. The van der Waals surface area contributed by atoms with E-state index >= 15 is 0 Å². The highest BCUT2D eigenvalue weighted by atomic mass is 79.9. The van der Waals surface area contributed by atoms with Crippen LogP contribution in [0.25, 0.3) is 0 Å². The Kier molecular flexibility index (Phi) is 9.92. The molecule has 7 heteroatoms. The van der Waals surface area contributed by atoms with Gasteiger partial charge in [-0.3, -0.25) is 4.79 Å². The number of alkyl halides is 1. The quantitative estimate of drug-likeness (QED) is 0.188. The first kappa shape index (κ1) is 24.5. The molecule has 0 saturated carbocycles. The Balaban J connectivity index is 2.19. The molecule has 0 fully saturated rings. The van der Waals surface area contributed by atoms with Gasteiger partial charge >= 0.3 is 0 Å². The van der Waals surface area contributed by atoms with Crippen molar-refractivity contribution in [3.05, 3.63) is 51.8 Å².